The molecule has 0 unspecified atom stereocenters. The first-order valence-electron chi connectivity index (χ1n) is 7.02. The Morgan fingerprint density at radius 1 is 1.23 bits per heavy atom. The molecule has 2 amide bonds. The molecule has 0 saturated carbocycles. The summed E-state index contributed by atoms with van der Waals surface area (Å²) in [6.45, 7) is 2.13. The van der Waals surface area contributed by atoms with Gasteiger partial charge in [-0.05, 0) is 48.6 Å². The number of aliphatic hydroxyl groups excluding tert-OH is 1. The van der Waals surface area contributed by atoms with E-state index in [4.69, 9.17) is 0 Å². The number of amides is 2. The van der Waals surface area contributed by atoms with E-state index in [0.717, 1.165) is 21.7 Å². The summed E-state index contributed by atoms with van der Waals surface area (Å²) >= 11 is 1.65. The van der Waals surface area contributed by atoms with Crippen LogP contribution in [-0.2, 0) is 0 Å². The minimum absolute atomic E-state index is 0.163. The molecule has 2 rings (SSSR count). The van der Waals surface area contributed by atoms with E-state index >= 15 is 0 Å². The van der Waals surface area contributed by atoms with Gasteiger partial charge in [-0.3, -0.25) is 0 Å². The lowest BCUT2D eigenvalue weighted by Crippen LogP contribution is -2.32. The van der Waals surface area contributed by atoms with Gasteiger partial charge in [-0.25, -0.2) is 4.79 Å². The summed E-state index contributed by atoms with van der Waals surface area (Å²) in [7, 11) is 0. The number of carbonyl (C=O) groups excluding carboxylic acids is 1. The topological polar surface area (TPSA) is 61.4 Å². The van der Waals surface area contributed by atoms with Gasteiger partial charge in [0, 0.05) is 17.1 Å². The molecule has 1 atom stereocenters. The van der Waals surface area contributed by atoms with Crippen molar-refractivity contribution in [3.05, 3.63) is 59.7 Å². The van der Waals surface area contributed by atoms with Crippen molar-refractivity contribution < 1.29 is 9.90 Å². The first kappa shape index (κ1) is 16.4. The van der Waals surface area contributed by atoms with Crippen molar-refractivity contribution in [1.29, 1.82) is 0 Å². The summed E-state index contributed by atoms with van der Waals surface area (Å²) in [4.78, 5) is 13.0. The van der Waals surface area contributed by atoms with Crippen molar-refractivity contribution in [2.24, 2.45) is 0 Å². The predicted octanol–water partition coefficient (Wildman–Crippen LogP) is 3.57. The molecule has 22 heavy (non-hydrogen) atoms. The van der Waals surface area contributed by atoms with Crippen LogP contribution >= 0.6 is 11.8 Å². The first-order chi connectivity index (χ1) is 10.6. The number of thioether (sulfide) groups is 1. The Morgan fingerprint density at radius 3 is 2.59 bits per heavy atom. The molecule has 0 spiro atoms. The van der Waals surface area contributed by atoms with E-state index < -0.39 is 6.10 Å². The minimum atomic E-state index is -0.723. The summed E-state index contributed by atoms with van der Waals surface area (Å²) in [5, 5.41) is 15.5. The van der Waals surface area contributed by atoms with Crippen molar-refractivity contribution in [3.8, 4) is 0 Å². The summed E-state index contributed by atoms with van der Waals surface area (Å²) in [6, 6.07) is 14.9. The van der Waals surface area contributed by atoms with Crippen LogP contribution in [0.3, 0.4) is 0 Å². The molecule has 0 aromatic heterocycles. The molecule has 2 aromatic carbocycles. The van der Waals surface area contributed by atoms with Crippen LogP contribution < -0.4 is 10.6 Å². The van der Waals surface area contributed by atoms with Crippen molar-refractivity contribution in [2.45, 2.75) is 17.9 Å². The average molecular weight is 316 g/mol. The standard InChI is InChI=1S/C17H20N2O2S/c1-12-4-3-5-14(10-12)19-17(21)18-11-16(20)13-6-8-15(22-2)9-7-13/h3-10,16,20H,11H2,1-2H3,(H2,18,19,21)/t16-/m0/s1. The van der Waals surface area contributed by atoms with Crippen LogP contribution in [0.4, 0.5) is 10.5 Å². The monoisotopic (exact) mass is 316 g/mol. The highest BCUT2D eigenvalue weighted by Crippen LogP contribution is 2.18. The molecular weight excluding hydrogens is 296 g/mol. The molecule has 3 N–H and O–H groups in total. The van der Waals surface area contributed by atoms with Crippen molar-refractivity contribution in [3.63, 3.8) is 0 Å². The largest absolute Gasteiger partial charge is 0.387 e. The lowest BCUT2D eigenvalue weighted by Gasteiger charge is -2.13. The van der Waals surface area contributed by atoms with Crippen LogP contribution in [-0.4, -0.2) is 23.9 Å². The van der Waals surface area contributed by atoms with Crippen LogP contribution in [0.15, 0.2) is 53.4 Å². The van der Waals surface area contributed by atoms with Crippen LogP contribution in [0.25, 0.3) is 0 Å². The number of carbonyl (C=O) groups is 1. The minimum Gasteiger partial charge on any atom is -0.387 e. The van der Waals surface area contributed by atoms with E-state index in [2.05, 4.69) is 10.6 Å². The molecule has 0 heterocycles. The molecule has 0 aliphatic heterocycles. The second kappa shape index (κ2) is 7.87. The van der Waals surface area contributed by atoms with E-state index in [1.807, 2.05) is 61.7 Å². The van der Waals surface area contributed by atoms with Crippen LogP contribution in [0.2, 0.25) is 0 Å². The predicted molar refractivity (Wildman–Crippen MR) is 91.4 cm³/mol. The van der Waals surface area contributed by atoms with E-state index in [1.165, 1.54) is 0 Å². The van der Waals surface area contributed by atoms with Gasteiger partial charge >= 0.3 is 6.03 Å². The summed E-state index contributed by atoms with van der Waals surface area (Å²) < 4.78 is 0. The van der Waals surface area contributed by atoms with Crippen LogP contribution in [0.1, 0.15) is 17.2 Å². The van der Waals surface area contributed by atoms with Gasteiger partial charge in [-0.2, -0.15) is 0 Å². The highest BCUT2D eigenvalue weighted by molar-refractivity contribution is 7.98. The zero-order valence-corrected chi connectivity index (χ0v) is 13.5. The summed E-state index contributed by atoms with van der Waals surface area (Å²) in [6.07, 6.45) is 1.28. The van der Waals surface area contributed by atoms with Gasteiger partial charge < -0.3 is 15.7 Å². The Kier molecular flexibility index (Phi) is 5.86. The fraction of sp³-hybridized carbons (Fsp3) is 0.235. The van der Waals surface area contributed by atoms with Crippen LogP contribution in [0, 0.1) is 6.92 Å². The molecule has 0 aliphatic carbocycles. The Hall–Kier alpha value is -1.98. The maximum atomic E-state index is 11.8. The molecule has 4 nitrogen and oxygen atoms in total. The number of rotatable bonds is 5. The number of nitrogens with one attached hydrogen (secondary N) is 2. The summed E-state index contributed by atoms with van der Waals surface area (Å²) in [5.41, 5.74) is 2.59. The van der Waals surface area contributed by atoms with Gasteiger partial charge in [0.2, 0.25) is 0 Å². The number of anilines is 1. The molecule has 0 fully saturated rings. The maximum Gasteiger partial charge on any atom is 0.319 e. The number of aliphatic hydroxyl groups is 1. The first-order valence-corrected chi connectivity index (χ1v) is 8.24. The third-order valence-electron chi connectivity index (χ3n) is 3.23. The lowest BCUT2D eigenvalue weighted by molar-refractivity contribution is 0.175. The van der Waals surface area contributed by atoms with E-state index in [1.54, 1.807) is 11.8 Å². The third-order valence-corrected chi connectivity index (χ3v) is 3.98. The zero-order valence-electron chi connectivity index (χ0n) is 12.7. The van der Waals surface area contributed by atoms with Crippen molar-refractivity contribution in [2.75, 3.05) is 18.1 Å². The fourth-order valence-electron chi connectivity index (χ4n) is 2.03. The van der Waals surface area contributed by atoms with Gasteiger partial charge in [0.05, 0.1) is 6.10 Å². The smallest absolute Gasteiger partial charge is 0.319 e. The molecule has 116 valence electrons. The highest BCUT2D eigenvalue weighted by Gasteiger charge is 2.09. The van der Waals surface area contributed by atoms with Gasteiger partial charge in [0.1, 0.15) is 0 Å². The van der Waals surface area contributed by atoms with Gasteiger partial charge in [0.25, 0.3) is 0 Å². The second-order valence-electron chi connectivity index (χ2n) is 4.99. The molecule has 0 saturated heterocycles. The number of benzene rings is 2. The molecular formula is C17H20N2O2S. The number of aryl methyl sites for hydroxylation is 1. The number of urea groups is 1. The van der Waals surface area contributed by atoms with E-state index in [-0.39, 0.29) is 12.6 Å². The number of hydrogen-bond acceptors (Lipinski definition) is 3. The fourth-order valence-corrected chi connectivity index (χ4v) is 2.44. The molecule has 0 radical (unpaired) electrons. The highest BCUT2D eigenvalue weighted by atomic mass is 32.2. The molecule has 0 aliphatic rings. The molecule has 2 aromatic rings. The van der Waals surface area contributed by atoms with Crippen molar-refractivity contribution in [1.82, 2.24) is 5.32 Å². The van der Waals surface area contributed by atoms with Gasteiger partial charge in [-0.15, -0.1) is 11.8 Å². The Morgan fingerprint density at radius 2 is 1.95 bits per heavy atom. The lowest BCUT2D eigenvalue weighted by atomic mass is 10.1. The summed E-state index contributed by atoms with van der Waals surface area (Å²) in [5.74, 6) is 0. The third kappa shape index (κ3) is 4.79. The average Bonchev–Trinajstić information content (AvgIpc) is 2.52. The van der Waals surface area contributed by atoms with Gasteiger partial charge in [0.15, 0.2) is 0 Å². The maximum absolute atomic E-state index is 11.8. The van der Waals surface area contributed by atoms with E-state index in [0.29, 0.717) is 0 Å². The SMILES string of the molecule is CSc1ccc([C@@H](O)CNC(=O)Nc2cccc(C)c2)cc1. The van der Waals surface area contributed by atoms with Gasteiger partial charge in [-0.1, -0.05) is 24.3 Å². The second-order valence-corrected chi connectivity index (χ2v) is 5.87. The zero-order chi connectivity index (χ0) is 15.9. The Labute approximate surface area is 134 Å². The molecule has 0 bridgehead atoms. The normalized spacial score (nSPS) is 11.8. The Bertz CT molecular complexity index is 629. The molecule has 5 heteroatoms. The Balaban J connectivity index is 1.84. The van der Waals surface area contributed by atoms with Crippen LogP contribution in [0.5, 0.6) is 0 Å². The van der Waals surface area contributed by atoms with E-state index in [9.17, 15) is 9.90 Å². The quantitative estimate of drug-likeness (QED) is 0.739. The number of hydrogen-bond donors (Lipinski definition) is 3. The van der Waals surface area contributed by atoms with Crippen molar-refractivity contribution >= 4 is 23.5 Å².